The number of likely N-dealkylation sites (tertiary alicyclic amines) is 1. The quantitative estimate of drug-likeness (QED) is 0.919. The highest BCUT2D eigenvalue weighted by molar-refractivity contribution is 5.93. The highest BCUT2D eigenvalue weighted by Gasteiger charge is 2.18. The van der Waals surface area contributed by atoms with Crippen LogP contribution in [0.15, 0.2) is 18.3 Å². The number of hydrogen-bond donors (Lipinski definition) is 1. The van der Waals surface area contributed by atoms with E-state index in [4.69, 9.17) is 0 Å². The van der Waals surface area contributed by atoms with Gasteiger partial charge in [-0.25, -0.2) is 4.98 Å². The predicted molar refractivity (Wildman–Crippen MR) is 77.3 cm³/mol. The minimum absolute atomic E-state index is 0.0803. The second kappa shape index (κ2) is 7.03. The van der Waals surface area contributed by atoms with Gasteiger partial charge in [-0.1, -0.05) is 18.9 Å². The average molecular weight is 275 g/mol. The van der Waals surface area contributed by atoms with Gasteiger partial charge in [0.25, 0.3) is 0 Å². The van der Waals surface area contributed by atoms with Gasteiger partial charge in [-0.2, -0.15) is 0 Å². The molecule has 1 aliphatic rings. The lowest BCUT2D eigenvalue weighted by Crippen LogP contribution is -2.39. The summed E-state index contributed by atoms with van der Waals surface area (Å²) in [5, 5.41) is 2.73. The number of aryl methyl sites for hydroxylation is 1. The molecule has 2 rings (SSSR count). The maximum absolute atomic E-state index is 12.0. The molecule has 108 valence electrons. The van der Waals surface area contributed by atoms with Crippen LogP contribution >= 0.6 is 0 Å². The Bertz CT molecular complexity index is 471. The summed E-state index contributed by atoms with van der Waals surface area (Å²) in [5.41, 5.74) is 1.04. The number of aromatic nitrogens is 1. The van der Waals surface area contributed by atoms with E-state index < -0.39 is 0 Å². The summed E-state index contributed by atoms with van der Waals surface area (Å²) in [6.45, 7) is 2.74. The zero-order valence-electron chi connectivity index (χ0n) is 11.9. The van der Waals surface area contributed by atoms with Crippen LogP contribution in [0.3, 0.4) is 0 Å². The van der Waals surface area contributed by atoms with Crippen LogP contribution in [0.4, 0.5) is 5.82 Å². The fourth-order valence-corrected chi connectivity index (χ4v) is 2.28. The summed E-state index contributed by atoms with van der Waals surface area (Å²) in [4.78, 5) is 29.7. The molecule has 1 aliphatic heterocycles. The molecular formula is C15H21N3O2. The summed E-state index contributed by atoms with van der Waals surface area (Å²) < 4.78 is 0. The molecule has 0 bridgehead atoms. The minimum atomic E-state index is -0.185. The first-order valence-corrected chi connectivity index (χ1v) is 7.15. The van der Waals surface area contributed by atoms with E-state index in [1.807, 2.05) is 13.0 Å². The first-order chi connectivity index (χ1) is 9.65. The fraction of sp³-hybridized carbons (Fsp3) is 0.533. The summed E-state index contributed by atoms with van der Waals surface area (Å²) in [6, 6.07) is 3.66. The minimum Gasteiger partial charge on any atom is -0.333 e. The number of rotatable bonds is 3. The van der Waals surface area contributed by atoms with Crippen molar-refractivity contribution in [2.24, 2.45) is 0 Å². The van der Waals surface area contributed by atoms with E-state index in [0.29, 0.717) is 18.8 Å². The van der Waals surface area contributed by atoms with Crippen LogP contribution in [0.25, 0.3) is 0 Å². The molecule has 1 saturated heterocycles. The van der Waals surface area contributed by atoms with Gasteiger partial charge in [0.1, 0.15) is 5.82 Å². The number of amides is 2. The lowest BCUT2D eigenvalue weighted by atomic mass is 10.1. The zero-order chi connectivity index (χ0) is 14.4. The van der Waals surface area contributed by atoms with Gasteiger partial charge >= 0.3 is 0 Å². The number of carbonyl (C=O) groups is 2. The zero-order valence-corrected chi connectivity index (χ0v) is 11.9. The lowest BCUT2D eigenvalue weighted by molar-refractivity contribution is -0.135. The first-order valence-electron chi connectivity index (χ1n) is 7.15. The second-order valence-corrected chi connectivity index (χ2v) is 5.25. The molecule has 1 aromatic heterocycles. The molecule has 2 heterocycles. The van der Waals surface area contributed by atoms with Gasteiger partial charge in [-0.05, 0) is 31.4 Å². The normalized spacial score (nSPS) is 16.4. The summed E-state index contributed by atoms with van der Waals surface area (Å²) in [5.74, 6) is 0.423. The Hall–Kier alpha value is -1.91. The molecule has 5 nitrogen and oxygen atoms in total. The molecule has 0 radical (unpaired) electrons. The fourth-order valence-electron chi connectivity index (χ4n) is 2.28. The molecule has 0 spiro atoms. The van der Waals surface area contributed by atoms with E-state index >= 15 is 0 Å². The molecule has 5 heteroatoms. The van der Waals surface area contributed by atoms with Crippen LogP contribution in [-0.2, 0) is 9.59 Å². The van der Waals surface area contributed by atoms with Crippen molar-refractivity contribution < 1.29 is 9.59 Å². The Morgan fingerprint density at radius 2 is 2.10 bits per heavy atom. The third-order valence-electron chi connectivity index (χ3n) is 3.43. The van der Waals surface area contributed by atoms with Gasteiger partial charge in [0.2, 0.25) is 11.8 Å². The maximum Gasteiger partial charge on any atom is 0.245 e. The Kier molecular flexibility index (Phi) is 5.09. The van der Waals surface area contributed by atoms with Crippen molar-refractivity contribution in [1.29, 1.82) is 0 Å². The van der Waals surface area contributed by atoms with Crippen LogP contribution in [0.1, 0.15) is 37.7 Å². The Balaban J connectivity index is 1.89. The smallest absolute Gasteiger partial charge is 0.245 e. The SMILES string of the molecule is Cc1ccc(NC(=O)CN2CCCCCCC2=O)nc1. The molecule has 0 aliphatic carbocycles. The Morgan fingerprint density at radius 1 is 1.30 bits per heavy atom. The molecule has 0 aromatic carbocycles. The molecule has 0 unspecified atom stereocenters. The van der Waals surface area contributed by atoms with Crippen molar-refractivity contribution in [3.8, 4) is 0 Å². The number of nitrogens with one attached hydrogen (secondary N) is 1. The standard InChI is InChI=1S/C15H21N3O2/c1-12-7-8-13(16-10-12)17-14(19)11-18-9-5-3-2-4-6-15(18)20/h7-8,10H,2-6,9,11H2,1H3,(H,16,17,19). The van der Waals surface area contributed by atoms with E-state index in [2.05, 4.69) is 10.3 Å². The second-order valence-electron chi connectivity index (χ2n) is 5.25. The van der Waals surface area contributed by atoms with Crippen molar-refractivity contribution >= 4 is 17.6 Å². The van der Waals surface area contributed by atoms with E-state index in [1.54, 1.807) is 17.2 Å². The van der Waals surface area contributed by atoms with E-state index in [-0.39, 0.29) is 18.4 Å². The van der Waals surface area contributed by atoms with Crippen LogP contribution in [-0.4, -0.2) is 34.8 Å². The molecule has 0 atom stereocenters. The van der Waals surface area contributed by atoms with Crippen LogP contribution in [0, 0.1) is 6.92 Å². The van der Waals surface area contributed by atoms with Gasteiger partial charge in [0.15, 0.2) is 0 Å². The summed E-state index contributed by atoms with van der Waals surface area (Å²) >= 11 is 0. The number of anilines is 1. The molecule has 1 fully saturated rings. The molecule has 20 heavy (non-hydrogen) atoms. The molecule has 2 amide bonds. The largest absolute Gasteiger partial charge is 0.333 e. The van der Waals surface area contributed by atoms with Crippen molar-refractivity contribution in [3.63, 3.8) is 0 Å². The van der Waals surface area contributed by atoms with Crippen molar-refractivity contribution in [2.45, 2.75) is 39.0 Å². The van der Waals surface area contributed by atoms with Crippen molar-refractivity contribution in [2.75, 3.05) is 18.4 Å². The molecular weight excluding hydrogens is 254 g/mol. The number of pyridine rings is 1. The Labute approximate surface area is 119 Å². The van der Waals surface area contributed by atoms with Crippen molar-refractivity contribution in [3.05, 3.63) is 23.9 Å². The number of nitrogens with zero attached hydrogens (tertiary/aromatic N) is 2. The van der Waals surface area contributed by atoms with Crippen LogP contribution in [0.5, 0.6) is 0 Å². The van der Waals surface area contributed by atoms with Gasteiger partial charge in [-0.15, -0.1) is 0 Å². The van der Waals surface area contributed by atoms with Crippen LogP contribution < -0.4 is 5.32 Å². The molecule has 1 N–H and O–H groups in total. The third kappa shape index (κ3) is 4.33. The topological polar surface area (TPSA) is 62.3 Å². The van der Waals surface area contributed by atoms with E-state index in [1.165, 1.54) is 0 Å². The Morgan fingerprint density at radius 3 is 2.85 bits per heavy atom. The molecule has 1 aromatic rings. The average Bonchev–Trinajstić information content (AvgIpc) is 2.41. The summed E-state index contributed by atoms with van der Waals surface area (Å²) in [7, 11) is 0. The highest BCUT2D eigenvalue weighted by atomic mass is 16.2. The van der Waals surface area contributed by atoms with Gasteiger partial charge in [0, 0.05) is 19.2 Å². The highest BCUT2D eigenvalue weighted by Crippen LogP contribution is 2.12. The van der Waals surface area contributed by atoms with Crippen LogP contribution in [0.2, 0.25) is 0 Å². The maximum atomic E-state index is 12.0. The lowest BCUT2D eigenvalue weighted by Gasteiger charge is -2.24. The van der Waals surface area contributed by atoms with Gasteiger partial charge in [0.05, 0.1) is 6.54 Å². The van der Waals surface area contributed by atoms with Crippen molar-refractivity contribution in [1.82, 2.24) is 9.88 Å². The first kappa shape index (κ1) is 14.5. The molecule has 0 saturated carbocycles. The number of carbonyl (C=O) groups excluding carboxylic acids is 2. The third-order valence-corrected chi connectivity index (χ3v) is 3.43. The monoisotopic (exact) mass is 275 g/mol. The van der Waals surface area contributed by atoms with E-state index in [0.717, 1.165) is 31.2 Å². The summed E-state index contributed by atoms with van der Waals surface area (Å²) in [6.07, 6.45) is 6.40. The van der Waals surface area contributed by atoms with Gasteiger partial charge in [-0.3, -0.25) is 9.59 Å². The number of hydrogen-bond acceptors (Lipinski definition) is 3. The predicted octanol–water partition coefficient (Wildman–Crippen LogP) is 2.12. The van der Waals surface area contributed by atoms with E-state index in [9.17, 15) is 9.59 Å². The van der Waals surface area contributed by atoms with Gasteiger partial charge < -0.3 is 10.2 Å².